The molecule has 0 radical (unpaired) electrons. The highest BCUT2D eigenvalue weighted by Crippen LogP contribution is 2.24. The Kier molecular flexibility index (Phi) is 4.33. The number of nitrogens with one attached hydrogen (secondary N) is 1. The van der Waals surface area contributed by atoms with Crippen molar-refractivity contribution in [2.45, 2.75) is 19.5 Å². The van der Waals surface area contributed by atoms with Crippen LogP contribution in [0.3, 0.4) is 0 Å². The van der Waals surface area contributed by atoms with Gasteiger partial charge in [-0.05, 0) is 37.6 Å². The molecule has 1 atom stereocenters. The zero-order valence-corrected chi connectivity index (χ0v) is 11.9. The molecule has 0 spiro atoms. The minimum atomic E-state index is 0.421. The van der Waals surface area contributed by atoms with Crippen LogP contribution in [-0.4, -0.2) is 24.0 Å². The van der Waals surface area contributed by atoms with E-state index in [4.69, 9.17) is 0 Å². The van der Waals surface area contributed by atoms with Gasteiger partial charge in [-0.25, -0.2) is 4.98 Å². The number of aromatic nitrogens is 1. The van der Waals surface area contributed by atoms with Gasteiger partial charge in [0, 0.05) is 24.5 Å². The summed E-state index contributed by atoms with van der Waals surface area (Å²) in [6.07, 6.45) is 0. The van der Waals surface area contributed by atoms with Crippen molar-refractivity contribution in [2.24, 2.45) is 0 Å². The molecule has 2 heterocycles. The van der Waals surface area contributed by atoms with Gasteiger partial charge in [-0.1, -0.05) is 12.1 Å². The molecule has 0 saturated heterocycles. The summed E-state index contributed by atoms with van der Waals surface area (Å²) in [5.74, 6) is 0.921. The summed E-state index contributed by atoms with van der Waals surface area (Å²) >= 11 is 1.80. The lowest BCUT2D eigenvalue weighted by atomic mass is 10.2. The van der Waals surface area contributed by atoms with Gasteiger partial charge in [-0.2, -0.15) is 0 Å². The zero-order valence-electron chi connectivity index (χ0n) is 11.1. The Hall–Kier alpha value is -1.39. The van der Waals surface area contributed by atoms with Crippen LogP contribution in [0.15, 0.2) is 35.7 Å². The highest BCUT2D eigenvalue weighted by molar-refractivity contribution is 7.10. The predicted octanol–water partition coefficient (Wildman–Crippen LogP) is 3.38. The van der Waals surface area contributed by atoms with E-state index in [9.17, 15) is 0 Å². The lowest BCUT2D eigenvalue weighted by molar-refractivity contribution is 0.253. The van der Waals surface area contributed by atoms with Gasteiger partial charge in [0.2, 0.25) is 0 Å². The maximum atomic E-state index is 4.55. The van der Waals surface area contributed by atoms with Crippen LogP contribution in [0.4, 0.5) is 5.82 Å². The van der Waals surface area contributed by atoms with Gasteiger partial charge in [0.05, 0.1) is 5.69 Å². The Bertz CT molecular complexity index is 482. The summed E-state index contributed by atoms with van der Waals surface area (Å²) in [5.41, 5.74) is 1.09. The molecule has 2 rings (SSSR count). The van der Waals surface area contributed by atoms with Gasteiger partial charge in [0.15, 0.2) is 0 Å². The summed E-state index contributed by atoms with van der Waals surface area (Å²) in [6, 6.07) is 10.8. The van der Waals surface area contributed by atoms with Crippen LogP contribution in [0, 0.1) is 0 Å². The Morgan fingerprint density at radius 2 is 2.17 bits per heavy atom. The van der Waals surface area contributed by atoms with E-state index in [2.05, 4.69) is 52.8 Å². The number of pyridine rings is 1. The lowest BCUT2D eigenvalue weighted by Crippen LogP contribution is -2.21. The molecule has 96 valence electrons. The fourth-order valence-electron chi connectivity index (χ4n) is 1.85. The fraction of sp³-hybridized carbons (Fsp3) is 0.357. The average Bonchev–Trinajstić information content (AvgIpc) is 2.92. The van der Waals surface area contributed by atoms with Crippen molar-refractivity contribution in [3.8, 4) is 0 Å². The lowest BCUT2D eigenvalue weighted by Gasteiger charge is -2.23. The third-order valence-corrected chi connectivity index (χ3v) is 4.13. The zero-order chi connectivity index (χ0) is 13.0. The van der Waals surface area contributed by atoms with E-state index < -0.39 is 0 Å². The topological polar surface area (TPSA) is 28.2 Å². The van der Waals surface area contributed by atoms with E-state index in [1.807, 2.05) is 19.2 Å². The normalized spacial score (nSPS) is 12.7. The average molecular weight is 261 g/mol. The van der Waals surface area contributed by atoms with Gasteiger partial charge < -0.3 is 5.32 Å². The van der Waals surface area contributed by atoms with Gasteiger partial charge in [-0.15, -0.1) is 11.3 Å². The number of anilines is 1. The third-order valence-electron chi connectivity index (χ3n) is 3.09. The summed E-state index contributed by atoms with van der Waals surface area (Å²) in [4.78, 5) is 8.25. The van der Waals surface area contributed by atoms with Crippen molar-refractivity contribution in [1.29, 1.82) is 0 Å². The Balaban J connectivity index is 2.04. The molecule has 3 nitrogen and oxygen atoms in total. The van der Waals surface area contributed by atoms with Crippen molar-refractivity contribution in [2.75, 3.05) is 19.4 Å². The number of rotatable bonds is 5. The fourth-order valence-corrected chi connectivity index (χ4v) is 2.69. The highest BCUT2D eigenvalue weighted by Gasteiger charge is 2.13. The number of nitrogens with zero attached hydrogens (tertiary/aromatic N) is 2. The molecule has 2 aromatic rings. The summed E-state index contributed by atoms with van der Waals surface area (Å²) in [6.45, 7) is 3.09. The second kappa shape index (κ2) is 5.98. The van der Waals surface area contributed by atoms with Crippen LogP contribution in [0.25, 0.3) is 0 Å². The van der Waals surface area contributed by atoms with Crippen LogP contribution in [-0.2, 0) is 6.54 Å². The molecule has 1 N–H and O–H groups in total. The summed E-state index contributed by atoms with van der Waals surface area (Å²) in [7, 11) is 4.03. The van der Waals surface area contributed by atoms with Crippen molar-refractivity contribution in [3.63, 3.8) is 0 Å². The van der Waals surface area contributed by atoms with E-state index in [1.54, 1.807) is 11.3 Å². The first kappa shape index (κ1) is 13.1. The first-order valence-corrected chi connectivity index (χ1v) is 6.96. The molecule has 18 heavy (non-hydrogen) atoms. The van der Waals surface area contributed by atoms with Gasteiger partial charge in [0.1, 0.15) is 5.82 Å². The van der Waals surface area contributed by atoms with E-state index >= 15 is 0 Å². The molecule has 0 fully saturated rings. The molecule has 1 unspecified atom stereocenters. The minimum Gasteiger partial charge on any atom is -0.373 e. The summed E-state index contributed by atoms with van der Waals surface area (Å²) < 4.78 is 0. The van der Waals surface area contributed by atoms with E-state index in [0.717, 1.165) is 18.1 Å². The Morgan fingerprint density at radius 3 is 2.83 bits per heavy atom. The molecule has 0 aliphatic rings. The highest BCUT2D eigenvalue weighted by atomic mass is 32.1. The largest absolute Gasteiger partial charge is 0.373 e. The standard InChI is InChI=1S/C14H19N3S/c1-11(13-7-5-9-18-13)17(3)10-12-6-4-8-14(15-2)16-12/h4-9,11H,10H2,1-3H3,(H,15,16). The van der Waals surface area contributed by atoms with Gasteiger partial charge in [0.25, 0.3) is 0 Å². The van der Waals surface area contributed by atoms with Crippen molar-refractivity contribution < 1.29 is 0 Å². The van der Waals surface area contributed by atoms with Crippen molar-refractivity contribution in [3.05, 3.63) is 46.3 Å². The molecule has 0 amide bonds. The molecular formula is C14H19N3S. The maximum absolute atomic E-state index is 4.55. The predicted molar refractivity (Wildman–Crippen MR) is 78.0 cm³/mol. The third kappa shape index (κ3) is 3.09. The minimum absolute atomic E-state index is 0.421. The van der Waals surface area contributed by atoms with E-state index in [-0.39, 0.29) is 0 Å². The molecule has 2 aromatic heterocycles. The van der Waals surface area contributed by atoms with Gasteiger partial charge in [-0.3, -0.25) is 4.90 Å². The quantitative estimate of drug-likeness (QED) is 0.894. The van der Waals surface area contributed by atoms with Gasteiger partial charge >= 0.3 is 0 Å². The van der Waals surface area contributed by atoms with E-state index in [1.165, 1.54) is 4.88 Å². The molecule has 0 aliphatic heterocycles. The van der Waals surface area contributed by atoms with Crippen LogP contribution in [0.2, 0.25) is 0 Å². The van der Waals surface area contributed by atoms with Crippen LogP contribution >= 0.6 is 11.3 Å². The molecular weight excluding hydrogens is 242 g/mol. The molecule has 0 aliphatic carbocycles. The first-order valence-electron chi connectivity index (χ1n) is 6.08. The van der Waals surface area contributed by atoms with Crippen LogP contribution in [0.1, 0.15) is 23.5 Å². The molecule has 0 saturated carbocycles. The van der Waals surface area contributed by atoms with E-state index in [0.29, 0.717) is 6.04 Å². The Labute approximate surface area is 112 Å². The second-order valence-corrected chi connectivity index (χ2v) is 5.35. The Morgan fingerprint density at radius 1 is 1.33 bits per heavy atom. The van der Waals surface area contributed by atoms with Crippen LogP contribution < -0.4 is 5.32 Å². The number of hydrogen-bond acceptors (Lipinski definition) is 4. The maximum Gasteiger partial charge on any atom is 0.126 e. The smallest absolute Gasteiger partial charge is 0.126 e. The van der Waals surface area contributed by atoms with Crippen molar-refractivity contribution in [1.82, 2.24) is 9.88 Å². The number of hydrogen-bond donors (Lipinski definition) is 1. The second-order valence-electron chi connectivity index (χ2n) is 4.37. The first-order chi connectivity index (χ1) is 8.70. The number of thiophene rings is 1. The monoisotopic (exact) mass is 261 g/mol. The van der Waals surface area contributed by atoms with Crippen LogP contribution in [0.5, 0.6) is 0 Å². The van der Waals surface area contributed by atoms with Crippen molar-refractivity contribution >= 4 is 17.2 Å². The summed E-state index contributed by atoms with van der Waals surface area (Å²) in [5, 5.41) is 5.19. The SMILES string of the molecule is CNc1cccc(CN(C)C(C)c2cccs2)n1. The molecule has 4 heteroatoms. The molecule has 0 bridgehead atoms. The molecule has 0 aromatic carbocycles.